The Balaban J connectivity index is 1.99. The molecule has 1 saturated carbocycles. The van der Waals surface area contributed by atoms with E-state index in [0.717, 1.165) is 25.7 Å². The first-order valence-electron chi connectivity index (χ1n) is 6.33. The predicted octanol–water partition coefficient (Wildman–Crippen LogP) is 2.21. The van der Waals surface area contributed by atoms with Crippen molar-refractivity contribution >= 4 is 23.2 Å². The van der Waals surface area contributed by atoms with Crippen molar-refractivity contribution in [1.82, 2.24) is 9.97 Å². The highest BCUT2D eigenvalue weighted by atomic mass is 35.5. The minimum absolute atomic E-state index is 0.252. The molecule has 1 aliphatic rings. The summed E-state index contributed by atoms with van der Waals surface area (Å²) in [6, 6.07) is 0. The van der Waals surface area contributed by atoms with Gasteiger partial charge in [0.2, 0.25) is 0 Å². The number of hydrogen-bond donors (Lipinski definition) is 3. The minimum Gasteiger partial charge on any atom is -0.388 e. The number of aliphatic hydroxyl groups is 1. The van der Waals surface area contributed by atoms with Crippen molar-refractivity contribution in [3.8, 4) is 0 Å². The Morgan fingerprint density at radius 2 is 1.94 bits per heavy atom. The van der Waals surface area contributed by atoms with Gasteiger partial charge in [-0.15, -0.1) is 0 Å². The lowest BCUT2D eigenvalue weighted by Gasteiger charge is -2.27. The summed E-state index contributed by atoms with van der Waals surface area (Å²) >= 11 is 5.99. The van der Waals surface area contributed by atoms with Gasteiger partial charge in [0.05, 0.1) is 5.60 Å². The fraction of sp³-hybridized carbons (Fsp3) is 0.667. The smallest absolute Gasteiger partial charge is 0.150 e. The normalized spacial score (nSPS) is 19.2. The number of anilines is 2. The summed E-state index contributed by atoms with van der Waals surface area (Å²) in [5.74, 6) is 0.740. The van der Waals surface area contributed by atoms with E-state index in [1.807, 2.05) is 0 Å². The molecule has 6 heteroatoms. The van der Waals surface area contributed by atoms with Crippen LogP contribution in [-0.2, 0) is 0 Å². The molecule has 18 heavy (non-hydrogen) atoms. The van der Waals surface area contributed by atoms with Crippen molar-refractivity contribution in [2.24, 2.45) is 0 Å². The van der Waals surface area contributed by atoms with Crippen molar-refractivity contribution in [1.29, 1.82) is 0 Å². The van der Waals surface area contributed by atoms with E-state index < -0.39 is 5.60 Å². The van der Waals surface area contributed by atoms with Gasteiger partial charge in [0, 0.05) is 6.54 Å². The largest absolute Gasteiger partial charge is 0.388 e. The molecule has 0 aliphatic heterocycles. The third kappa shape index (κ3) is 3.23. The second-order valence-corrected chi connectivity index (χ2v) is 5.29. The molecule has 1 fully saturated rings. The van der Waals surface area contributed by atoms with Gasteiger partial charge in [-0.25, -0.2) is 9.97 Å². The van der Waals surface area contributed by atoms with Gasteiger partial charge in [0.15, 0.2) is 5.82 Å². The lowest BCUT2D eigenvalue weighted by Crippen LogP contribution is -2.36. The Kier molecular flexibility index (Phi) is 4.24. The van der Waals surface area contributed by atoms with E-state index in [9.17, 15) is 5.11 Å². The molecule has 0 amide bonds. The van der Waals surface area contributed by atoms with Crippen molar-refractivity contribution < 1.29 is 5.11 Å². The number of rotatable bonds is 3. The number of nitrogens with two attached hydrogens (primary N) is 1. The van der Waals surface area contributed by atoms with Gasteiger partial charge in [0.1, 0.15) is 17.2 Å². The van der Waals surface area contributed by atoms with Crippen LogP contribution in [0.4, 0.5) is 11.6 Å². The summed E-state index contributed by atoms with van der Waals surface area (Å²) in [4.78, 5) is 7.83. The van der Waals surface area contributed by atoms with Gasteiger partial charge in [0.25, 0.3) is 0 Å². The van der Waals surface area contributed by atoms with E-state index in [-0.39, 0.29) is 5.82 Å². The predicted molar refractivity (Wildman–Crippen MR) is 72.6 cm³/mol. The average Bonchev–Trinajstić information content (AvgIpc) is 2.57. The van der Waals surface area contributed by atoms with Crippen LogP contribution in [0.25, 0.3) is 0 Å². The van der Waals surface area contributed by atoms with Crippen LogP contribution < -0.4 is 11.1 Å². The van der Waals surface area contributed by atoms with Crippen molar-refractivity contribution in [2.75, 3.05) is 17.6 Å². The minimum atomic E-state index is -0.667. The van der Waals surface area contributed by atoms with Crippen LogP contribution in [0.1, 0.15) is 38.5 Å². The molecule has 0 unspecified atom stereocenters. The first-order valence-corrected chi connectivity index (χ1v) is 6.71. The van der Waals surface area contributed by atoms with Gasteiger partial charge in [-0.1, -0.05) is 37.3 Å². The Bertz CT molecular complexity index is 405. The zero-order valence-corrected chi connectivity index (χ0v) is 11.1. The number of aromatic nitrogens is 2. The maximum Gasteiger partial charge on any atom is 0.150 e. The molecule has 0 saturated heterocycles. The zero-order valence-electron chi connectivity index (χ0n) is 10.3. The van der Waals surface area contributed by atoms with Crippen LogP contribution in [0.5, 0.6) is 0 Å². The quantitative estimate of drug-likeness (QED) is 0.734. The molecule has 1 heterocycles. The fourth-order valence-corrected chi connectivity index (χ4v) is 2.48. The molecule has 1 aromatic rings. The van der Waals surface area contributed by atoms with E-state index in [4.69, 9.17) is 17.3 Å². The molecule has 2 rings (SSSR count). The van der Waals surface area contributed by atoms with E-state index in [0.29, 0.717) is 17.4 Å². The van der Waals surface area contributed by atoms with E-state index in [1.54, 1.807) is 0 Å². The Morgan fingerprint density at radius 1 is 1.28 bits per heavy atom. The van der Waals surface area contributed by atoms with Crippen molar-refractivity contribution in [2.45, 2.75) is 44.1 Å². The summed E-state index contributed by atoms with van der Waals surface area (Å²) in [6.07, 6.45) is 7.53. The molecule has 100 valence electrons. The lowest BCUT2D eigenvalue weighted by atomic mass is 9.94. The first-order chi connectivity index (χ1) is 8.61. The number of nitrogens with one attached hydrogen (secondary N) is 1. The van der Waals surface area contributed by atoms with Crippen LogP contribution in [-0.4, -0.2) is 27.2 Å². The van der Waals surface area contributed by atoms with Crippen LogP contribution in [0.2, 0.25) is 5.02 Å². The molecule has 4 N–H and O–H groups in total. The molecule has 0 spiro atoms. The maximum absolute atomic E-state index is 10.5. The van der Waals surface area contributed by atoms with Crippen molar-refractivity contribution in [3.05, 3.63) is 11.3 Å². The standard InChI is InChI=1S/C12H19ClN4O/c13-9-10(14)16-8-17-11(9)15-7-12(18)5-3-1-2-4-6-12/h8,18H,1-7H2,(H3,14,15,16,17). The van der Waals surface area contributed by atoms with Crippen molar-refractivity contribution in [3.63, 3.8) is 0 Å². The number of halogens is 1. The highest BCUT2D eigenvalue weighted by Crippen LogP contribution is 2.29. The SMILES string of the molecule is Nc1ncnc(NCC2(O)CCCCCC2)c1Cl. The third-order valence-electron chi connectivity index (χ3n) is 3.44. The molecule has 0 atom stereocenters. The van der Waals surface area contributed by atoms with E-state index >= 15 is 0 Å². The van der Waals surface area contributed by atoms with Gasteiger partial charge in [-0.05, 0) is 12.8 Å². The van der Waals surface area contributed by atoms with Gasteiger partial charge < -0.3 is 16.2 Å². The molecule has 5 nitrogen and oxygen atoms in total. The molecule has 1 aliphatic carbocycles. The van der Waals surface area contributed by atoms with Gasteiger partial charge in [-0.2, -0.15) is 0 Å². The van der Waals surface area contributed by atoms with Gasteiger partial charge in [-0.3, -0.25) is 0 Å². The maximum atomic E-state index is 10.5. The Labute approximate surface area is 112 Å². The van der Waals surface area contributed by atoms with Crippen LogP contribution in [0, 0.1) is 0 Å². The number of hydrogen-bond acceptors (Lipinski definition) is 5. The second kappa shape index (κ2) is 5.71. The molecule has 1 aromatic heterocycles. The van der Waals surface area contributed by atoms with Crippen LogP contribution in [0.3, 0.4) is 0 Å². The molecular formula is C12H19ClN4O. The Morgan fingerprint density at radius 3 is 2.61 bits per heavy atom. The summed E-state index contributed by atoms with van der Waals surface area (Å²) in [5, 5.41) is 13.9. The average molecular weight is 271 g/mol. The topological polar surface area (TPSA) is 84.1 Å². The highest BCUT2D eigenvalue weighted by molar-refractivity contribution is 6.35. The summed E-state index contributed by atoms with van der Waals surface area (Å²) in [6.45, 7) is 0.448. The Hall–Kier alpha value is -1.07. The lowest BCUT2D eigenvalue weighted by molar-refractivity contribution is 0.0380. The monoisotopic (exact) mass is 270 g/mol. The number of nitrogens with zero attached hydrogens (tertiary/aromatic N) is 2. The first kappa shape index (κ1) is 13.4. The summed E-state index contributed by atoms with van der Waals surface area (Å²) in [7, 11) is 0. The molecular weight excluding hydrogens is 252 g/mol. The van der Waals surface area contributed by atoms with Crippen LogP contribution >= 0.6 is 11.6 Å². The molecule has 0 bridgehead atoms. The van der Waals surface area contributed by atoms with Crippen LogP contribution in [0.15, 0.2) is 6.33 Å². The highest BCUT2D eigenvalue weighted by Gasteiger charge is 2.28. The van der Waals surface area contributed by atoms with E-state index in [2.05, 4.69) is 15.3 Å². The zero-order chi connectivity index (χ0) is 13.0. The molecule has 0 radical (unpaired) electrons. The second-order valence-electron chi connectivity index (χ2n) is 4.91. The van der Waals surface area contributed by atoms with Gasteiger partial charge >= 0.3 is 0 Å². The third-order valence-corrected chi connectivity index (χ3v) is 3.81. The number of nitrogen functional groups attached to an aromatic ring is 1. The molecule has 0 aromatic carbocycles. The fourth-order valence-electron chi connectivity index (χ4n) is 2.32. The van der Waals surface area contributed by atoms with E-state index in [1.165, 1.54) is 19.2 Å². The summed E-state index contributed by atoms with van der Waals surface area (Å²) in [5.41, 5.74) is 4.93. The summed E-state index contributed by atoms with van der Waals surface area (Å²) < 4.78 is 0.